The summed E-state index contributed by atoms with van der Waals surface area (Å²) in [4.78, 5) is 22.8. The van der Waals surface area contributed by atoms with Crippen LogP contribution in [-0.4, -0.2) is 49.8 Å². The van der Waals surface area contributed by atoms with Crippen LogP contribution in [0.5, 0.6) is 0 Å². The third kappa shape index (κ3) is 5.28. The maximum absolute atomic E-state index is 11.7. The molecule has 1 rings (SSSR count). The second-order valence-corrected chi connectivity index (χ2v) is 5.61. The van der Waals surface area contributed by atoms with Crippen LogP contribution in [-0.2, 0) is 19.1 Å². The Morgan fingerprint density at radius 3 is 2.57 bits per heavy atom. The van der Waals surface area contributed by atoms with Crippen molar-refractivity contribution in [1.82, 2.24) is 10.6 Å². The summed E-state index contributed by atoms with van der Waals surface area (Å²) in [6.45, 7) is 6.77. The van der Waals surface area contributed by atoms with E-state index in [2.05, 4.69) is 24.5 Å². The SMILES string of the molecule is CCC1(CC)CC(NCC(NC(C)=O)C(=O)OC)CCO1. The predicted molar refractivity (Wildman–Crippen MR) is 79.9 cm³/mol. The Labute approximate surface area is 126 Å². The number of carbonyl (C=O) groups is 2. The fourth-order valence-corrected chi connectivity index (χ4v) is 2.81. The number of nitrogens with one attached hydrogen (secondary N) is 2. The van der Waals surface area contributed by atoms with Crippen molar-refractivity contribution in [2.45, 2.75) is 64.1 Å². The highest BCUT2D eigenvalue weighted by molar-refractivity contribution is 5.83. The highest BCUT2D eigenvalue weighted by Crippen LogP contribution is 2.31. The minimum atomic E-state index is -0.645. The first-order valence-corrected chi connectivity index (χ1v) is 7.68. The Bertz CT molecular complexity index is 356. The van der Waals surface area contributed by atoms with Gasteiger partial charge in [-0.05, 0) is 25.7 Å². The molecule has 2 N–H and O–H groups in total. The number of hydrogen-bond acceptors (Lipinski definition) is 5. The Kier molecular flexibility index (Phi) is 7.11. The van der Waals surface area contributed by atoms with Gasteiger partial charge in [-0.1, -0.05) is 13.8 Å². The van der Waals surface area contributed by atoms with E-state index in [1.54, 1.807) is 0 Å². The van der Waals surface area contributed by atoms with Crippen LogP contribution in [0.3, 0.4) is 0 Å². The molecule has 21 heavy (non-hydrogen) atoms. The standard InChI is InChI=1S/C15H28N2O4/c1-5-15(6-2)9-12(7-8-21-15)16-10-13(14(19)20-4)17-11(3)18/h12-13,16H,5-10H2,1-4H3,(H,17,18). The normalized spacial score (nSPS) is 22.4. The molecule has 0 aromatic heterocycles. The fraction of sp³-hybridized carbons (Fsp3) is 0.867. The number of methoxy groups -OCH3 is 1. The van der Waals surface area contributed by atoms with Crippen LogP contribution in [0.4, 0.5) is 0 Å². The van der Waals surface area contributed by atoms with Crippen molar-refractivity contribution in [3.63, 3.8) is 0 Å². The average Bonchev–Trinajstić information content (AvgIpc) is 2.50. The van der Waals surface area contributed by atoms with Crippen molar-refractivity contribution in [3.8, 4) is 0 Å². The van der Waals surface area contributed by atoms with Gasteiger partial charge in [-0.2, -0.15) is 0 Å². The third-order valence-electron chi connectivity index (χ3n) is 4.26. The quantitative estimate of drug-likeness (QED) is 0.686. The van der Waals surface area contributed by atoms with E-state index in [9.17, 15) is 9.59 Å². The number of ether oxygens (including phenoxy) is 2. The first-order valence-electron chi connectivity index (χ1n) is 7.68. The lowest BCUT2D eigenvalue weighted by atomic mass is 9.86. The van der Waals surface area contributed by atoms with Crippen molar-refractivity contribution in [3.05, 3.63) is 0 Å². The number of rotatable bonds is 7. The zero-order chi connectivity index (χ0) is 15.9. The van der Waals surface area contributed by atoms with Crippen molar-refractivity contribution in [2.24, 2.45) is 0 Å². The third-order valence-corrected chi connectivity index (χ3v) is 4.26. The molecule has 0 aromatic rings. The average molecular weight is 300 g/mol. The Balaban J connectivity index is 2.54. The van der Waals surface area contributed by atoms with Gasteiger partial charge >= 0.3 is 5.97 Å². The van der Waals surface area contributed by atoms with E-state index < -0.39 is 12.0 Å². The van der Waals surface area contributed by atoms with Crippen molar-refractivity contribution in [2.75, 3.05) is 20.3 Å². The first kappa shape index (κ1) is 17.9. The lowest BCUT2D eigenvalue weighted by Crippen LogP contribution is -2.52. The number of esters is 1. The van der Waals surface area contributed by atoms with E-state index in [-0.39, 0.29) is 11.5 Å². The molecule has 122 valence electrons. The van der Waals surface area contributed by atoms with E-state index in [0.717, 1.165) is 32.3 Å². The molecule has 1 heterocycles. The molecule has 1 fully saturated rings. The molecule has 1 saturated heterocycles. The molecule has 0 spiro atoms. The Hall–Kier alpha value is -1.14. The zero-order valence-electron chi connectivity index (χ0n) is 13.5. The van der Waals surface area contributed by atoms with Crippen LogP contribution < -0.4 is 10.6 Å². The number of hydrogen-bond donors (Lipinski definition) is 2. The van der Waals surface area contributed by atoms with E-state index >= 15 is 0 Å². The summed E-state index contributed by atoms with van der Waals surface area (Å²) in [6.07, 6.45) is 3.80. The minimum absolute atomic E-state index is 0.0648. The second kappa shape index (κ2) is 8.34. The van der Waals surface area contributed by atoms with Crippen LogP contribution in [0, 0.1) is 0 Å². The maximum Gasteiger partial charge on any atom is 0.329 e. The van der Waals surface area contributed by atoms with E-state index in [1.165, 1.54) is 14.0 Å². The smallest absolute Gasteiger partial charge is 0.329 e. The van der Waals surface area contributed by atoms with Gasteiger partial charge in [-0.15, -0.1) is 0 Å². The summed E-state index contributed by atoms with van der Waals surface area (Å²) < 4.78 is 10.7. The number of carbonyl (C=O) groups excluding carboxylic acids is 2. The molecule has 1 amide bonds. The summed E-state index contributed by atoms with van der Waals surface area (Å²) in [7, 11) is 1.32. The van der Waals surface area contributed by atoms with Gasteiger partial charge in [-0.3, -0.25) is 4.79 Å². The minimum Gasteiger partial charge on any atom is -0.467 e. The first-order chi connectivity index (χ1) is 9.96. The molecular weight excluding hydrogens is 272 g/mol. The molecule has 0 radical (unpaired) electrons. The predicted octanol–water partition coefficient (Wildman–Crippen LogP) is 0.992. The molecule has 0 saturated carbocycles. The van der Waals surface area contributed by atoms with Gasteiger partial charge in [0, 0.05) is 26.1 Å². The summed E-state index contributed by atoms with van der Waals surface area (Å²) in [5.74, 6) is -0.669. The fourth-order valence-electron chi connectivity index (χ4n) is 2.81. The van der Waals surface area contributed by atoms with Gasteiger partial charge in [0.05, 0.1) is 12.7 Å². The zero-order valence-corrected chi connectivity index (χ0v) is 13.5. The molecule has 2 unspecified atom stereocenters. The summed E-state index contributed by atoms with van der Waals surface area (Å²) in [5.41, 5.74) is -0.0648. The summed E-state index contributed by atoms with van der Waals surface area (Å²) in [6, 6.07) is -0.354. The van der Waals surface area contributed by atoms with Gasteiger partial charge in [-0.25, -0.2) is 4.79 Å². The lowest BCUT2D eigenvalue weighted by Gasteiger charge is -2.40. The molecule has 0 aliphatic carbocycles. The van der Waals surface area contributed by atoms with E-state index in [0.29, 0.717) is 12.6 Å². The highest BCUT2D eigenvalue weighted by Gasteiger charge is 2.34. The molecule has 0 bridgehead atoms. The van der Waals surface area contributed by atoms with E-state index in [4.69, 9.17) is 9.47 Å². The molecule has 6 nitrogen and oxygen atoms in total. The van der Waals surface area contributed by atoms with Gasteiger partial charge < -0.3 is 20.1 Å². The maximum atomic E-state index is 11.7. The van der Waals surface area contributed by atoms with Gasteiger partial charge in [0.15, 0.2) is 0 Å². The summed E-state index contributed by atoms with van der Waals surface area (Å²) in [5, 5.41) is 5.98. The number of amides is 1. The van der Waals surface area contributed by atoms with Crippen LogP contribution in [0.1, 0.15) is 46.5 Å². The van der Waals surface area contributed by atoms with Crippen molar-refractivity contribution >= 4 is 11.9 Å². The molecule has 2 atom stereocenters. The summed E-state index contributed by atoms with van der Waals surface area (Å²) >= 11 is 0. The second-order valence-electron chi connectivity index (χ2n) is 5.61. The van der Waals surface area contributed by atoms with Crippen molar-refractivity contribution in [1.29, 1.82) is 0 Å². The van der Waals surface area contributed by atoms with Gasteiger partial charge in [0.2, 0.25) is 5.91 Å². The largest absolute Gasteiger partial charge is 0.467 e. The molecular formula is C15H28N2O4. The van der Waals surface area contributed by atoms with Crippen LogP contribution >= 0.6 is 0 Å². The monoisotopic (exact) mass is 300 g/mol. The van der Waals surface area contributed by atoms with Gasteiger partial charge in [0.25, 0.3) is 0 Å². The van der Waals surface area contributed by atoms with Crippen LogP contribution in [0.25, 0.3) is 0 Å². The topological polar surface area (TPSA) is 76.7 Å². The van der Waals surface area contributed by atoms with Crippen molar-refractivity contribution < 1.29 is 19.1 Å². The van der Waals surface area contributed by atoms with E-state index in [1.807, 2.05) is 0 Å². The Morgan fingerprint density at radius 1 is 1.38 bits per heavy atom. The highest BCUT2D eigenvalue weighted by atomic mass is 16.5. The van der Waals surface area contributed by atoms with Gasteiger partial charge in [0.1, 0.15) is 6.04 Å². The van der Waals surface area contributed by atoms with Crippen LogP contribution in [0.15, 0.2) is 0 Å². The lowest BCUT2D eigenvalue weighted by molar-refractivity contribution is -0.144. The Morgan fingerprint density at radius 2 is 2.05 bits per heavy atom. The molecule has 1 aliphatic heterocycles. The molecule has 6 heteroatoms. The van der Waals surface area contributed by atoms with Crippen LogP contribution in [0.2, 0.25) is 0 Å². The molecule has 0 aromatic carbocycles. The molecule has 1 aliphatic rings.